The molecule has 4 aromatic rings. The van der Waals surface area contributed by atoms with Crippen molar-refractivity contribution in [3.63, 3.8) is 0 Å². The van der Waals surface area contributed by atoms with Gasteiger partial charge in [-0.25, -0.2) is 9.18 Å². The van der Waals surface area contributed by atoms with Crippen molar-refractivity contribution in [1.82, 2.24) is 25.4 Å². The van der Waals surface area contributed by atoms with E-state index < -0.39 is 11.9 Å². The summed E-state index contributed by atoms with van der Waals surface area (Å²) in [5.74, 6) is 0.0134. The Hall–Kier alpha value is -3.98. The molecule has 0 fully saturated rings. The summed E-state index contributed by atoms with van der Waals surface area (Å²) in [6, 6.07) is 25.1. The minimum atomic E-state index is -0.544. The lowest BCUT2D eigenvalue weighted by molar-refractivity contribution is -0.119. The Labute approximate surface area is 206 Å². The van der Waals surface area contributed by atoms with Crippen LogP contribution in [0.4, 0.5) is 9.18 Å². The molecule has 0 saturated heterocycles. The van der Waals surface area contributed by atoms with E-state index in [1.54, 1.807) is 18.2 Å². The Balaban J connectivity index is 1.37. The number of rotatable bonds is 9. The van der Waals surface area contributed by atoms with Gasteiger partial charge in [0.25, 0.3) is 0 Å². The van der Waals surface area contributed by atoms with E-state index in [0.29, 0.717) is 35.4 Å². The Kier molecular flexibility index (Phi) is 8.24. The topological polar surface area (TPSA) is 88.9 Å². The maximum atomic E-state index is 14.5. The van der Waals surface area contributed by atoms with E-state index in [-0.39, 0.29) is 12.2 Å². The van der Waals surface area contributed by atoms with Gasteiger partial charge in [0.15, 0.2) is 11.0 Å². The Morgan fingerprint density at radius 2 is 1.51 bits per heavy atom. The normalized spacial score (nSPS) is 10.7. The smallest absolute Gasteiger partial charge is 0.321 e. The van der Waals surface area contributed by atoms with Crippen LogP contribution in [0.3, 0.4) is 0 Å². The number of nitrogens with one attached hydrogen (secondary N) is 2. The molecule has 0 aliphatic rings. The van der Waals surface area contributed by atoms with Crippen molar-refractivity contribution in [3.8, 4) is 11.4 Å². The summed E-state index contributed by atoms with van der Waals surface area (Å²) in [7, 11) is 0. The van der Waals surface area contributed by atoms with Crippen LogP contribution in [-0.4, -0.2) is 32.5 Å². The van der Waals surface area contributed by atoms with Gasteiger partial charge < -0.3 is 5.32 Å². The average Bonchev–Trinajstić information content (AvgIpc) is 3.26. The van der Waals surface area contributed by atoms with Crippen LogP contribution < -0.4 is 10.6 Å². The fourth-order valence-corrected chi connectivity index (χ4v) is 4.27. The number of imide groups is 1. The first-order valence-corrected chi connectivity index (χ1v) is 12.0. The second kappa shape index (κ2) is 11.9. The predicted molar refractivity (Wildman–Crippen MR) is 133 cm³/mol. The molecule has 0 atom stereocenters. The number of thioether (sulfide) groups is 1. The summed E-state index contributed by atoms with van der Waals surface area (Å²) in [5.41, 5.74) is 2.31. The summed E-state index contributed by atoms with van der Waals surface area (Å²) in [6.07, 6.45) is 0.108. The van der Waals surface area contributed by atoms with E-state index >= 15 is 0 Å². The number of halogens is 1. The van der Waals surface area contributed by atoms with Gasteiger partial charge in [-0.1, -0.05) is 84.6 Å². The number of carbonyl (C=O) groups excluding carboxylic acids is 2. The molecule has 178 valence electrons. The fraction of sp³-hybridized carbons (Fsp3) is 0.154. The second-order valence-corrected chi connectivity index (χ2v) is 8.73. The number of nitrogens with zero attached hydrogens (tertiary/aromatic N) is 3. The van der Waals surface area contributed by atoms with Gasteiger partial charge in [0, 0.05) is 18.7 Å². The molecule has 0 aliphatic heterocycles. The van der Waals surface area contributed by atoms with Crippen LogP contribution in [0.2, 0.25) is 0 Å². The minimum Gasteiger partial charge on any atom is -0.334 e. The number of benzene rings is 3. The number of hydrogen-bond acceptors (Lipinski definition) is 5. The first-order valence-electron chi connectivity index (χ1n) is 11.1. The quantitative estimate of drug-likeness (QED) is 0.335. The van der Waals surface area contributed by atoms with E-state index in [0.717, 1.165) is 11.1 Å². The zero-order valence-corrected chi connectivity index (χ0v) is 19.7. The Bertz CT molecular complexity index is 1280. The Morgan fingerprint density at radius 3 is 2.23 bits per heavy atom. The summed E-state index contributed by atoms with van der Waals surface area (Å²) in [6.45, 7) is 0.782. The zero-order chi connectivity index (χ0) is 24.5. The zero-order valence-electron chi connectivity index (χ0n) is 18.9. The molecule has 7 nitrogen and oxygen atoms in total. The van der Waals surface area contributed by atoms with Crippen LogP contribution in [0.25, 0.3) is 11.4 Å². The van der Waals surface area contributed by atoms with Gasteiger partial charge in [-0.2, -0.15) is 0 Å². The lowest BCUT2D eigenvalue weighted by atomic mass is 10.2. The van der Waals surface area contributed by atoms with Crippen LogP contribution >= 0.6 is 11.8 Å². The van der Waals surface area contributed by atoms with Gasteiger partial charge in [-0.05, 0) is 23.3 Å². The summed E-state index contributed by atoms with van der Waals surface area (Å²) in [5, 5.41) is 14.0. The molecule has 3 amide bonds. The maximum Gasteiger partial charge on any atom is 0.321 e. The highest BCUT2D eigenvalue weighted by Gasteiger charge is 2.18. The van der Waals surface area contributed by atoms with Crippen LogP contribution in [-0.2, 0) is 17.9 Å². The third kappa shape index (κ3) is 6.77. The monoisotopic (exact) mass is 489 g/mol. The van der Waals surface area contributed by atoms with Gasteiger partial charge in [0.1, 0.15) is 5.82 Å². The van der Waals surface area contributed by atoms with Crippen molar-refractivity contribution in [2.24, 2.45) is 0 Å². The van der Waals surface area contributed by atoms with Crippen molar-refractivity contribution in [1.29, 1.82) is 0 Å². The van der Waals surface area contributed by atoms with Crippen LogP contribution in [0.5, 0.6) is 0 Å². The Morgan fingerprint density at radius 1 is 0.857 bits per heavy atom. The fourth-order valence-electron chi connectivity index (χ4n) is 3.39. The molecule has 0 unspecified atom stereocenters. The molecular weight excluding hydrogens is 465 g/mol. The number of urea groups is 1. The minimum absolute atomic E-state index is 0.108. The average molecular weight is 490 g/mol. The highest BCUT2D eigenvalue weighted by Crippen LogP contribution is 2.27. The number of amides is 3. The molecule has 1 heterocycles. The maximum absolute atomic E-state index is 14.5. The molecule has 1 aromatic heterocycles. The molecule has 0 aliphatic carbocycles. The lowest BCUT2D eigenvalue weighted by Gasteiger charge is -2.11. The lowest BCUT2D eigenvalue weighted by Crippen LogP contribution is -2.39. The molecular formula is C26H24FN5O2S. The standard InChI is InChI=1S/C26H24FN5O2S/c27-22-14-8-7-13-21(22)24-30-31-26(32(24)18-20-11-5-2-6-12-20)35-16-15-23(33)29-25(34)28-17-19-9-3-1-4-10-19/h1-14H,15-18H2,(H2,28,29,33,34). The van der Waals surface area contributed by atoms with Crippen LogP contribution in [0.15, 0.2) is 90.1 Å². The largest absolute Gasteiger partial charge is 0.334 e. The molecule has 0 saturated carbocycles. The third-order valence-electron chi connectivity index (χ3n) is 5.12. The summed E-state index contributed by atoms with van der Waals surface area (Å²) >= 11 is 1.33. The van der Waals surface area contributed by atoms with Crippen molar-refractivity contribution >= 4 is 23.7 Å². The van der Waals surface area contributed by atoms with Crippen molar-refractivity contribution in [3.05, 3.63) is 102 Å². The van der Waals surface area contributed by atoms with Gasteiger partial charge >= 0.3 is 6.03 Å². The van der Waals surface area contributed by atoms with Gasteiger partial charge in [-0.15, -0.1) is 10.2 Å². The first kappa shape index (κ1) is 24.2. The summed E-state index contributed by atoms with van der Waals surface area (Å²) in [4.78, 5) is 24.2. The van der Waals surface area contributed by atoms with Crippen molar-refractivity contribution in [2.75, 3.05) is 5.75 Å². The van der Waals surface area contributed by atoms with E-state index in [2.05, 4.69) is 20.8 Å². The van der Waals surface area contributed by atoms with Crippen molar-refractivity contribution in [2.45, 2.75) is 24.7 Å². The molecule has 35 heavy (non-hydrogen) atoms. The van der Waals surface area contributed by atoms with E-state index in [1.807, 2.05) is 65.2 Å². The van der Waals surface area contributed by atoms with Gasteiger partial charge in [0.05, 0.1) is 12.1 Å². The predicted octanol–water partition coefficient (Wildman–Crippen LogP) is 4.64. The van der Waals surface area contributed by atoms with E-state index in [9.17, 15) is 14.0 Å². The molecule has 0 bridgehead atoms. The van der Waals surface area contributed by atoms with Crippen LogP contribution in [0, 0.1) is 5.82 Å². The molecule has 9 heteroatoms. The van der Waals surface area contributed by atoms with E-state index in [4.69, 9.17) is 0 Å². The van der Waals surface area contributed by atoms with Gasteiger partial charge in [0.2, 0.25) is 5.91 Å². The van der Waals surface area contributed by atoms with E-state index in [1.165, 1.54) is 17.8 Å². The summed E-state index contributed by atoms with van der Waals surface area (Å²) < 4.78 is 16.3. The second-order valence-electron chi connectivity index (χ2n) is 7.67. The number of aromatic nitrogens is 3. The van der Waals surface area contributed by atoms with Gasteiger partial charge in [-0.3, -0.25) is 14.7 Å². The molecule has 4 rings (SSSR count). The third-order valence-corrected chi connectivity index (χ3v) is 6.09. The van der Waals surface area contributed by atoms with Crippen molar-refractivity contribution < 1.29 is 14.0 Å². The highest BCUT2D eigenvalue weighted by atomic mass is 32.2. The molecule has 3 aromatic carbocycles. The molecule has 0 radical (unpaired) electrons. The SMILES string of the molecule is O=C(CCSc1nnc(-c2ccccc2F)n1Cc1ccccc1)NC(=O)NCc1ccccc1. The number of carbonyl (C=O) groups is 2. The number of hydrogen-bond donors (Lipinski definition) is 2. The molecule has 2 N–H and O–H groups in total. The highest BCUT2D eigenvalue weighted by molar-refractivity contribution is 7.99. The molecule has 0 spiro atoms. The van der Waals surface area contributed by atoms with Crippen LogP contribution in [0.1, 0.15) is 17.5 Å². The first-order chi connectivity index (χ1) is 17.1.